The lowest BCUT2D eigenvalue weighted by atomic mass is 10.1. The van der Waals surface area contributed by atoms with Gasteiger partial charge in [-0.25, -0.2) is 4.98 Å². The minimum Gasteiger partial charge on any atom is -0.438 e. The van der Waals surface area contributed by atoms with Gasteiger partial charge in [0.2, 0.25) is 5.55 Å². The summed E-state index contributed by atoms with van der Waals surface area (Å²) in [5.74, 6) is 0.660. The molecule has 2 heterocycles. The van der Waals surface area contributed by atoms with Gasteiger partial charge in [0, 0.05) is 5.39 Å². The fraction of sp³-hybridized carbons (Fsp3) is 0.238. The Labute approximate surface area is 148 Å². The minimum atomic E-state index is 0.118. The van der Waals surface area contributed by atoms with Gasteiger partial charge in [0.05, 0.1) is 16.6 Å². The summed E-state index contributed by atoms with van der Waals surface area (Å²) in [6, 6.07) is 15.7. The molecule has 0 bridgehead atoms. The summed E-state index contributed by atoms with van der Waals surface area (Å²) in [5.41, 5.74) is 4.46. The number of fused-ring (bicyclic) bond motifs is 2. The van der Waals surface area contributed by atoms with Crippen molar-refractivity contribution >= 4 is 22.0 Å². The van der Waals surface area contributed by atoms with E-state index in [0.717, 1.165) is 27.6 Å². The fourth-order valence-electron chi connectivity index (χ4n) is 2.49. The number of benzene rings is 2. The van der Waals surface area contributed by atoms with E-state index < -0.39 is 0 Å². The van der Waals surface area contributed by atoms with E-state index in [4.69, 9.17) is 9.83 Å². The SMILES string of the molecule is CC.CC.Cc1ccc2cc(-c3nc4ccccc4[nH]3)c(=N)oc2c1. The molecule has 0 saturated heterocycles. The molecule has 0 spiro atoms. The highest BCUT2D eigenvalue weighted by Gasteiger charge is 2.10. The smallest absolute Gasteiger partial charge is 0.223 e. The van der Waals surface area contributed by atoms with E-state index in [1.54, 1.807) is 0 Å². The van der Waals surface area contributed by atoms with Gasteiger partial charge in [-0.2, -0.15) is 0 Å². The lowest BCUT2D eigenvalue weighted by Gasteiger charge is -2.02. The molecule has 0 unspecified atom stereocenters. The Bertz CT molecular complexity index is 995. The zero-order chi connectivity index (χ0) is 18.4. The molecule has 0 aliphatic heterocycles. The average molecular weight is 335 g/mol. The van der Waals surface area contributed by atoms with Crippen LogP contribution in [0.2, 0.25) is 0 Å². The summed E-state index contributed by atoms with van der Waals surface area (Å²) in [7, 11) is 0. The monoisotopic (exact) mass is 335 g/mol. The lowest BCUT2D eigenvalue weighted by molar-refractivity contribution is 0.535. The number of aryl methyl sites for hydroxylation is 1. The average Bonchev–Trinajstić information content (AvgIpc) is 3.08. The molecule has 2 N–H and O–H groups in total. The van der Waals surface area contributed by atoms with Crippen molar-refractivity contribution < 1.29 is 4.42 Å². The first kappa shape index (κ1) is 18.5. The van der Waals surface area contributed by atoms with Gasteiger partial charge in [-0.3, -0.25) is 5.41 Å². The minimum absolute atomic E-state index is 0.118. The Morgan fingerprint density at radius 1 is 0.960 bits per heavy atom. The van der Waals surface area contributed by atoms with Gasteiger partial charge in [0.1, 0.15) is 11.4 Å². The van der Waals surface area contributed by atoms with Crippen LogP contribution in [0.25, 0.3) is 33.4 Å². The number of nitrogens with one attached hydrogen (secondary N) is 2. The molecule has 4 nitrogen and oxygen atoms in total. The number of imidazole rings is 1. The molecule has 0 atom stereocenters. The molecule has 0 saturated carbocycles. The van der Waals surface area contributed by atoms with Crippen molar-refractivity contribution in [3.63, 3.8) is 0 Å². The predicted molar refractivity (Wildman–Crippen MR) is 105 cm³/mol. The van der Waals surface area contributed by atoms with Crippen LogP contribution in [0.15, 0.2) is 52.9 Å². The molecule has 25 heavy (non-hydrogen) atoms. The second-order valence-electron chi connectivity index (χ2n) is 5.13. The van der Waals surface area contributed by atoms with Crippen LogP contribution in [0.4, 0.5) is 0 Å². The molecule has 0 amide bonds. The highest BCUT2D eigenvalue weighted by molar-refractivity contribution is 5.83. The van der Waals surface area contributed by atoms with Gasteiger partial charge in [-0.05, 0) is 36.8 Å². The molecule has 4 rings (SSSR count). The van der Waals surface area contributed by atoms with Crippen LogP contribution in [0, 0.1) is 12.3 Å². The third-order valence-electron chi connectivity index (χ3n) is 3.57. The van der Waals surface area contributed by atoms with Crippen molar-refractivity contribution in [3.8, 4) is 11.4 Å². The van der Waals surface area contributed by atoms with Gasteiger partial charge >= 0.3 is 0 Å². The number of aromatic amines is 1. The molecule has 2 aromatic carbocycles. The van der Waals surface area contributed by atoms with Crippen molar-refractivity contribution in [3.05, 3.63) is 59.6 Å². The van der Waals surface area contributed by atoms with Gasteiger partial charge < -0.3 is 9.40 Å². The standard InChI is InChI=1S/C17H13N3O.2C2H6/c1-10-6-7-11-9-12(16(18)21-15(11)8-10)17-19-13-4-2-3-5-14(13)20-17;2*1-2/h2-9,18H,1H3,(H,19,20);2*1-2H3. The van der Waals surface area contributed by atoms with Crippen LogP contribution >= 0.6 is 0 Å². The van der Waals surface area contributed by atoms with Gasteiger partial charge in [0.15, 0.2) is 0 Å². The van der Waals surface area contributed by atoms with Gasteiger partial charge in [-0.15, -0.1) is 0 Å². The number of hydrogen-bond acceptors (Lipinski definition) is 3. The fourth-order valence-corrected chi connectivity index (χ4v) is 2.49. The number of para-hydroxylation sites is 2. The van der Waals surface area contributed by atoms with Crippen molar-refractivity contribution in [2.75, 3.05) is 0 Å². The van der Waals surface area contributed by atoms with Crippen molar-refractivity contribution in [1.29, 1.82) is 5.41 Å². The summed E-state index contributed by atoms with van der Waals surface area (Å²) in [4.78, 5) is 7.77. The predicted octanol–water partition coefficient (Wildman–Crippen LogP) is 5.82. The van der Waals surface area contributed by atoms with Crippen LogP contribution in [0.5, 0.6) is 0 Å². The van der Waals surface area contributed by atoms with E-state index in [0.29, 0.717) is 11.4 Å². The normalized spacial score (nSPS) is 9.96. The first-order valence-electron chi connectivity index (χ1n) is 8.75. The Morgan fingerprint density at radius 3 is 2.40 bits per heavy atom. The summed E-state index contributed by atoms with van der Waals surface area (Å²) in [6.07, 6.45) is 0. The third kappa shape index (κ3) is 3.79. The summed E-state index contributed by atoms with van der Waals surface area (Å²) in [5, 5.41) is 9.07. The van der Waals surface area contributed by atoms with Gasteiger partial charge in [-0.1, -0.05) is 52.0 Å². The Hall–Kier alpha value is -2.88. The van der Waals surface area contributed by atoms with Crippen LogP contribution < -0.4 is 5.55 Å². The van der Waals surface area contributed by atoms with Crippen LogP contribution in [0.1, 0.15) is 33.3 Å². The topological polar surface area (TPSA) is 65.7 Å². The molecule has 2 aromatic heterocycles. The largest absolute Gasteiger partial charge is 0.438 e. The van der Waals surface area contributed by atoms with E-state index in [9.17, 15) is 0 Å². The van der Waals surface area contributed by atoms with Crippen molar-refractivity contribution in [2.24, 2.45) is 0 Å². The third-order valence-corrected chi connectivity index (χ3v) is 3.57. The summed E-state index contributed by atoms with van der Waals surface area (Å²) in [6.45, 7) is 10.0. The second kappa shape index (κ2) is 8.29. The van der Waals surface area contributed by atoms with Crippen LogP contribution in [-0.4, -0.2) is 9.97 Å². The van der Waals surface area contributed by atoms with E-state index in [1.807, 2.05) is 83.1 Å². The first-order valence-corrected chi connectivity index (χ1v) is 8.75. The number of aromatic nitrogens is 2. The zero-order valence-electron chi connectivity index (χ0n) is 15.5. The molecule has 0 radical (unpaired) electrons. The zero-order valence-corrected chi connectivity index (χ0v) is 15.5. The Balaban J connectivity index is 0.000000528. The summed E-state index contributed by atoms with van der Waals surface area (Å²) >= 11 is 0. The number of nitrogens with zero attached hydrogens (tertiary/aromatic N) is 1. The van der Waals surface area contributed by atoms with E-state index in [2.05, 4.69) is 9.97 Å². The maximum Gasteiger partial charge on any atom is 0.223 e. The number of hydrogen-bond donors (Lipinski definition) is 2. The molecular weight excluding hydrogens is 310 g/mol. The Morgan fingerprint density at radius 2 is 1.68 bits per heavy atom. The molecule has 4 heteroatoms. The van der Waals surface area contributed by atoms with Crippen LogP contribution in [0.3, 0.4) is 0 Å². The van der Waals surface area contributed by atoms with Crippen molar-refractivity contribution in [1.82, 2.24) is 9.97 Å². The van der Waals surface area contributed by atoms with E-state index in [1.165, 1.54) is 0 Å². The molecule has 0 aliphatic rings. The van der Waals surface area contributed by atoms with E-state index >= 15 is 0 Å². The quantitative estimate of drug-likeness (QED) is 0.460. The maximum absolute atomic E-state index is 8.11. The molecule has 130 valence electrons. The highest BCUT2D eigenvalue weighted by Crippen LogP contribution is 2.22. The van der Waals surface area contributed by atoms with Crippen LogP contribution in [-0.2, 0) is 0 Å². The van der Waals surface area contributed by atoms with Crippen molar-refractivity contribution in [2.45, 2.75) is 34.6 Å². The molecule has 4 aromatic rings. The highest BCUT2D eigenvalue weighted by atomic mass is 16.3. The van der Waals surface area contributed by atoms with E-state index in [-0.39, 0.29) is 5.55 Å². The number of rotatable bonds is 1. The van der Waals surface area contributed by atoms with Gasteiger partial charge in [0.25, 0.3) is 0 Å². The molecule has 0 aliphatic carbocycles. The number of H-pyrrole nitrogens is 1. The first-order chi connectivity index (χ1) is 12.2. The Kier molecular flexibility index (Phi) is 6.12. The lowest BCUT2D eigenvalue weighted by Crippen LogP contribution is -2.04. The molecule has 0 fully saturated rings. The molecular formula is C21H25N3O. The second-order valence-corrected chi connectivity index (χ2v) is 5.13. The summed E-state index contributed by atoms with van der Waals surface area (Å²) < 4.78 is 5.63. The maximum atomic E-state index is 8.11.